The number of ketones is 1. The summed E-state index contributed by atoms with van der Waals surface area (Å²) >= 11 is 0. The molecule has 0 aromatic rings. The first kappa shape index (κ1) is 6.65. The zero-order valence-corrected chi connectivity index (χ0v) is 6.34. The lowest BCUT2D eigenvalue weighted by molar-refractivity contribution is -0.120. The fraction of sp³-hybridized carbons (Fsp3) is 0.444. The van der Waals surface area contributed by atoms with Crippen molar-refractivity contribution in [2.24, 2.45) is 0 Å². The summed E-state index contributed by atoms with van der Waals surface area (Å²) in [5, 5.41) is 3.07. The highest BCUT2D eigenvalue weighted by molar-refractivity contribution is 5.88. The number of rotatable bonds is 0. The first-order valence-corrected chi connectivity index (χ1v) is 4.02. The van der Waals surface area contributed by atoms with Crippen LogP contribution in [0.25, 0.3) is 0 Å². The summed E-state index contributed by atoms with van der Waals surface area (Å²) in [5.74, 6) is 0.340. The minimum atomic E-state index is 0.00810. The summed E-state index contributed by atoms with van der Waals surface area (Å²) in [7, 11) is 0. The molecule has 2 rings (SSSR count). The van der Waals surface area contributed by atoms with E-state index in [1.54, 1.807) is 0 Å². The van der Waals surface area contributed by atoms with Crippen molar-refractivity contribution in [3.8, 4) is 0 Å². The molecule has 58 valence electrons. The van der Waals surface area contributed by atoms with Gasteiger partial charge in [0.2, 0.25) is 0 Å². The fourth-order valence-electron chi connectivity index (χ4n) is 1.67. The van der Waals surface area contributed by atoms with E-state index in [0.29, 0.717) is 5.78 Å². The van der Waals surface area contributed by atoms with Crippen LogP contribution in [0.2, 0.25) is 0 Å². The molecule has 11 heavy (non-hydrogen) atoms. The zero-order valence-electron chi connectivity index (χ0n) is 6.34. The molecule has 1 unspecified atom stereocenters. The van der Waals surface area contributed by atoms with Gasteiger partial charge in [-0.1, -0.05) is 6.08 Å². The van der Waals surface area contributed by atoms with Gasteiger partial charge in [0.1, 0.15) is 6.04 Å². The Balaban J connectivity index is 2.24. The van der Waals surface area contributed by atoms with Crippen LogP contribution in [0.4, 0.5) is 0 Å². The normalized spacial score (nSPS) is 28.9. The number of carbonyl (C=O) groups is 1. The number of nitrogens with one attached hydrogen (secondary N) is 1. The van der Waals surface area contributed by atoms with Gasteiger partial charge in [-0.25, -0.2) is 0 Å². The summed E-state index contributed by atoms with van der Waals surface area (Å²) in [4.78, 5) is 11.3. The number of carbonyl (C=O) groups excluding carboxylic acids is 1. The van der Waals surface area contributed by atoms with Gasteiger partial charge in [-0.15, -0.1) is 0 Å². The largest absolute Gasteiger partial charge is 0.378 e. The van der Waals surface area contributed by atoms with E-state index in [-0.39, 0.29) is 6.04 Å². The molecule has 1 heterocycles. The Morgan fingerprint density at radius 1 is 1.45 bits per heavy atom. The van der Waals surface area contributed by atoms with Gasteiger partial charge in [0, 0.05) is 6.42 Å². The molecule has 1 N–H and O–H groups in total. The summed E-state index contributed by atoms with van der Waals surface area (Å²) in [5.41, 5.74) is 1.25. The molecule has 1 aliphatic carbocycles. The summed E-state index contributed by atoms with van der Waals surface area (Å²) in [6.07, 6.45) is 8.70. The van der Waals surface area contributed by atoms with E-state index in [1.165, 1.54) is 5.57 Å². The van der Waals surface area contributed by atoms with E-state index < -0.39 is 0 Å². The van der Waals surface area contributed by atoms with Crippen LogP contribution in [0, 0.1) is 0 Å². The van der Waals surface area contributed by atoms with Crippen molar-refractivity contribution < 1.29 is 4.79 Å². The van der Waals surface area contributed by atoms with E-state index >= 15 is 0 Å². The number of hydrogen-bond acceptors (Lipinski definition) is 2. The zero-order chi connectivity index (χ0) is 7.68. The second kappa shape index (κ2) is 2.53. The molecule has 0 saturated heterocycles. The van der Waals surface area contributed by atoms with E-state index in [9.17, 15) is 4.79 Å². The Morgan fingerprint density at radius 3 is 3.18 bits per heavy atom. The third kappa shape index (κ3) is 1.09. The van der Waals surface area contributed by atoms with Gasteiger partial charge in [-0.3, -0.25) is 4.79 Å². The number of hydrogen-bond donors (Lipinski definition) is 1. The minimum Gasteiger partial charge on any atom is -0.378 e. The lowest BCUT2D eigenvalue weighted by atomic mass is 9.87. The molecule has 0 aromatic carbocycles. The molecule has 2 aliphatic rings. The van der Waals surface area contributed by atoms with E-state index in [4.69, 9.17) is 0 Å². The van der Waals surface area contributed by atoms with E-state index in [0.717, 1.165) is 19.3 Å². The quantitative estimate of drug-likeness (QED) is 0.559. The molecule has 2 nitrogen and oxygen atoms in total. The van der Waals surface area contributed by atoms with Gasteiger partial charge >= 0.3 is 0 Å². The van der Waals surface area contributed by atoms with Crippen molar-refractivity contribution in [3.63, 3.8) is 0 Å². The lowest BCUT2D eigenvalue weighted by Crippen LogP contribution is -2.39. The highest BCUT2D eigenvalue weighted by atomic mass is 16.1. The van der Waals surface area contributed by atoms with Crippen LogP contribution in [0.1, 0.15) is 19.3 Å². The minimum absolute atomic E-state index is 0.00810. The van der Waals surface area contributed by atoms with Crippen molar-refractivity contribution in [3.05, 3.63) is 23.9 Å². The lowest BCUT2D eigenvalue weighted by Gasteiger charge is -2.26. The average Bonchev–Trinajstić information content (AvgIpc) is 2.06. The Labute approximate surface area is 66.0 Å². The Kier molecular flexibility index (Phi) is 1.53. The number of Topliss-reactive ketones (excluding diaryl/α,β-unsaturated/α-hetero) is 1. The van der Waals surface area contributed by atoms with Crippen LogP contribution in [0.15, 0.2) is 23.9 Å². The highest BCUT2D eigenvalue weighted by Gasteiger charge is 2.25. The molecular weight excluding hydrogens is 138 g/mol. The number of allylic oxidation sites excluding steroid dienone is 2. The molecule has 1 saturated carbocycles. The maximum absolute atomic E-state index is 11.3. The molecule has 1 fully saturated rings. The second-order valence-electron chi connectivity index (χ2n) is 3.02. The Morgan fingerprint density at radius 2 is 2.36 bits per heavy atom. The maximum atomic E-state index is 11.3. The molecule has 2 heteroatoms. The van der Waals surface area contributed by atoms with Gasteiger partial charge in [0.05, 0.1) is 0 Å². The van der Waals surface area contributed by atoms with Crippen LogP contribution in [-0.2, 0) is 4.79 Å². The van der Waals surface area contributed by atoms with E-state index in [2.05, 4.69) is 11.4 Å². The fourth-order valence-corrected chi connectivity index (χ4v) is 1.67. The van der Waals surface area contributed by atoms with E-state index in [1.807, 2.05) is 12.3 Å². The van der Waals surface area contributed by atoms with Crippen LogP contribution in [-0.4, -0.2) is 11.8 Å². The molecule has 0 radical (unpaired) electrons. The molecule has 0 aromatic heterocycles. The van der Waals surface area contributed by atoms with Crippen LogP contribution < -0.4 is 5.32 Å². The Hall–Kier alpha value is -1.05. The Bertz CT molecular complexity index is 240. The van der Waals surface area contributed by atoms with Gasteiger partial charge < -0.3 is 5.32 Å². The monoisotopic (exact) mass is 149 g/mol. The first-order chi connectivity index (χ1) is 5.38. The van der Waals surface area contributed by atoms with Crippen molar-refractivity contribution in [1.82, 2.24) is 5.32 Å². The summed E-state index contributed by atoms with van der Waals surface area (Å²) < 4.78 is 0. The van der Waals surface area contributed by atoms with Gasteiger partial charge in [-0.05, 0) is 30.7 Å². The number of fused-ring (bicyclic) bond motifs is 1. The van der Waals surface area contributed by atoms with Gasteiger partial charge in [0.15, 0.2) is 5.78 Å². The van der Waals surface area contributed by atoms with Crippen molar-refractivity contribution >= 4 is 5.78 Å². The molecule has 0 spiro atoms. The van der Waals surface area contributed by atoms with Gasteiger partial charge in [-0.2, -0.15) is 0 Å². The molecule has 0 bridgehead atoms. The van der Waals surface area contributed by atoms with Crippen molar-refractivity contribution in [2.75, 3.05) is 0 Å². The molecule has 1 atom stereocenters. The van der Waals surface area contributed by atoms with Crippen LogP contribution in [0.3, 0.4) is 0 Å². The molecule has 0 amide bonds. The smallest absolute Gasteiger partial charge is 0.159 e. The van der Waals surface area contributed by atoms with Crippen LogP contribution >= 0.6 is 0 Å². The summed E-state index contributed by atoms with van der Waals surface area (Å²) in [6, 6.07) is 0.00810. The summed E-state index contributed by atoms with van der Waals surface area (Å²) in [6.45, 7) is 0. The highest BCUT2D eigenvalue weighted by Crippen LogP contribution is 2.22. The second-order valence-corrected chi connectivity index (χ2v) is 3.02. The van der Waals surface area contributed by atoms with Gasteiger partial charge in [0.25, 0.3) is 0 Å². The SMILES string of the molecule is O=C1CCCC2=CC=CNC12. The third-order valence-corrected chi connectivity index (χ3v) is 2.25. The molecular formula is C9H11NO. The topological polar surface area (TPSA) is 29.1 Å². The predicted octanol–water partition coefficient (Wildman–Crippen LogP) is 1.15. The number of dihydropyridines is 1. The molecule has 1 aliphatic heterocycles. The standard InChI is InChI=1S/C9H11NO/c11-8-5-1-3-7-4-2-6-10-9(7)8/h2,4,6,9-10H,1,3,5H2. The van der Waals surface area contributed by atoms with Crippen molar-refractivity contribution in [1.29, 1.82) is 0 Å². The van der Waals surface area contributed by atoms with Crippen LogP contribution in [0.5, 0.6) is 0 Å². The third-order valence-electron chi connectivity index (χ3n) is 2.25. The predicted molar refractivity (Wildman–Crippen MR) is 43.0 cm³/mol. The van der Waals surface area contributed by atoms with Crippen molar-refractivity contribution in [2.45, 2.75) is 25.3 Å². The maximum Gasteiger partial charge on any atom is 0.159 e. The average molecular weight is 149 g/mol. The first-order valence-electron chi connectivity index (χ1n) is 4.02.